The van der Waals surface area contributed by atoms with Crippen LogP contribution in [0.25, 0.3) is 0 Å². The highest BCUT2D eigenvalue weighted by Gasteiger charge is 2.19. The Balaban J connectivity index is 1.66. The van der Waals surface area contributed by atoms with E-state index in [4.69, 9.17) is 0 Å². The van der Waals surface area contributed by atoms with E-state index in [0.717, 1.165) is 49.8 Å². The predicted octanol–water partition coefficient (Wildman–Crippen LogP) is 2.65. The number of sulfonamides is 1. The Kier molecular flexibility index (Phi) is 5.61. The molecule has 6 nitrogen and oxygen atoms in total. The lowest BCUT2D eigenvalue weighted by Gasteiger charge is -2.34. The quantitative estimate of drug-likeness (QED) is 0.835. The number of rotatable bonds is 6. The molecule has 0 aliphatic carbocycles. The van der Waals surface area contributed by atoms with Crippen molar-refractivity contribution in [3.05, 3.63) is 35.3 Å². The van der Waals surface area contributed by atoms with Gasteiger partial charge in [0.1, 0.15) is 10.0 Å². The van der Waals surface area contributed by atoms with E-state index < -0.39 is 10.0 Å². The van der Waals surface area contributed by atoms with Crippen LogP contribution in [0.5, 0.6) is 0 Å². The number of pyridine rings is 1. The van der Waals surface area contributed by atoms with E-state index in [9.17, 15) is 8.42 Å². The molecule has 0 atom stereocenters. The number of hydrogen-bond donors (Lipinski definition) is 1. The molecule has 0 amide bonds. The summed E-state index contributed by atoms with van der Waals surface area (Å²) in [6.45, 7) is 9.21. The zero-order valence-electron chi connectivity index (χ0n) is 14.6. The highest BCUT2D eigenvalue weighted by atomic mass is 32.2. The van der Waals surface area contributed by atoms with Gasteiger partial charge in [0.25, 0.3) is 10.0 Å². The number of aromatic nitrogens is 1. The van der Waals surface area contributed by atoms with E-state index in [1.54, 1.807) is 18.3 Å². The Morgan fingerprint density at radius 1 is 1.12 bits per heavy atom. The second-order valence-corrected chi connectivity index (χ2v) is 9.08. The Hall–Kier alpha value is -1.64. The Morgan fingerprint density at radius 3 is 2.44 bits per heavy atom. The van der Waals surface area contributed by atoms with Gasteiger partial charge >= 0.3 is 0 Å². The molecule has 1 aliphatic heterocycles. The van der Waals surface area contributed by atoms with Crippen LogP contribution >= 0.6 is 11.3 Å². The number of nitrogens with zero attached hydrogens (tertiary/aromatic N) is 3. The lowest BCUT2D eigenvalue weighted by molar-refractivity contribution is 0.270. The van der Waals surface area contributed by atoms with E-state index in [-0.39, 0.29) is 0 Å². The molecule has 3 rings (SSSR count). The highest BCUT2D eigenvalue weighted by molar-refractivity contribution is 7.94. The van der Waals surface area contributed by atoms with E-state index in [2.05, 4.69) is 26.4 Å². The molecular weight excluding hydrogens is 356 g/mol. The van der Waals surface area contributed by atoms with E-state index in [1.807, 2.05) is 19.1 Å². The SMILES string of the molecule is CCc1ccc(S(=O)(=O)Nc2ccc(N3CCN(CC)CC3)nc2)s1. The largest absolute Gasteiger partial charge is 0.354 e. The van der Waals surface area contributed by atoms with Gasteiger partial charge in [-0.2, -0.15) is 0 Å². The molecule has 0 aromatic carbocycles. The predicted molar refractivity (Wildman–Crippen MR) is 103 cm³/mol. The van der Waals surface area contributed by atoms with E-state index in [0.29, 0.717) is 9.90 Å². The summed E-state index contributed by atoms with van der Waals surface area (Å²) in [7, 11) is -3.54. The Morgan fingerprint density at radius 2 is 1.88 bits per heavy atom. The number of likely N-dealkylation sites (N-methyl/N-ethyl adjacent to an activating group) is 1. The maximum Gasteiger partial charge on any atom is 0.271 e. The fourth-order valence-corrected chi connectivity index (χ4v) is 5.16. The molecule has 0 bridgehead atoms. The molecule has 3 heterocycles. The van der Waals surface area contributed by atoms with Gasteiger partial charge in [-0.15, -0.1) is 11.3 Å². The van der Waals surface area contributed by atoms with Crippen LogP contribution in [0.3, 0.4) is 0 Å². The fraction of sp³-hybridized carbons (Fsp3) is 0.471. The van der Waals surface area contributed by atoms with Crippen molar-refractivity contribution in [2.45, 2.75) is 24.5 Å². The van der Waals surface area contributed by atoms with Gasteiger partial charge in [-0.3, -0.25) is 4.72 Å². The van der Waals surface area contributed by atoms with Gasteiger partial charge in [0.2, 0.25) is 0 Å². The smallest absolute Gasteiger partial charge is 0.271 e. The van der Waals surface area contributed by atoms with Gasteiger partial charge in [0, 0.05) is 31.1 Å². The zero-order chi connectivity index (χ0) is 17.9. The number of thiophene rings is 1. The van der Waals surface area contributed by atoms with Crippen LogP contribution in [0.15, 0.2) is 34.7 Å². The topological polar surface area (TPSA) is 65.5 Å². The minimum Gasteiger partial charge on any atom is -0.354 e. The summed E-state index contributed by atoms with van der Waals surface area (Å²) in [6.07, 6.45) is 2.43. The maximum absolute atomic E-state index is 12.4. The summed E-state index contributed by atoms with van der Waals surface area (Å²) >= 11 is 1.30. The third-order valence-electron chi connectivity index (χ3n) is 4.39. The third kappa shape index (κ3) is 4.31. The fourth-order valence-electron chi connectivity index (χ4n) is 2.82. The first-order valence-electron chi connectivity index (χ1n) is 8.56. The Bertz CT molecular complexity index is 794. The molecule has 1 fully saturated rings. The van der Waals surface area contributed by atoms with E-state index >= 15 is 0 Å². The summed E-state index contributed by atoms with van der Waals surface area (Å²) in [4.78, 5) is 10.1. The summed E-state index contributed by atoms with van der Waals surface area (Å²) in [5, 5.41) is 0. The summed E-state index contributed by atoms with van der Waals surface area (Å²) < 4.78 is 27.8. The van der Waals surface area contributed by atoms with Gasteiger partial charge in [0.05, 0.1) is 11.9 Å². The molecule has 2 aromatic rings. The van der Waals surface area contributed by atoms with Gasteiger partial charge < -0.3 is 9.80 Å². The molecule has 25 heavy (non-hydrogen) atoms. The van der Waals surface area contributed by atoms with Crippen LogP contribution in [-0.4, -0.2) is 51.0 Å². The molecular formula is C17H24N4O2S2. The van der Waals surface area contributed by atoms with Crippen LogP contribution in [0.1, 0.15) is 18.7 Å². The number of aryl methyl sites for hydroxylation is 1. The zero-order valence-corrected chi connectivity index (χ0v) is 16.2. The lowest BCUT2D eigenvalue weighted by atomic mass is 10.3. The third-order valence-corrected chi connectivity index (χ3v) is 7.50. The van der Waals surface area contributed by atoms with Crippen LogP contribution in [0, 0.1) is 0 Å². The first-order chi connectivity index (χ1) is 12.0. The first kappa shape index (κ1) is 18.2. The summed E-state index contributed by atoms with van der Waals surface area (Å²) in [6, 6.07) is 7.17. The normalized spacial score (nSPS) is 16.2. The van der Waals surface area contributed by atoms with Crippen molar-refractivity contribution in [1.29, 1.82) is 0 Å². The van der Waals surface area contributed by atoms with Crippen LogP contribution < -0.4 is 9.62 Å². The molecule has 136 valence electrons. The van der Waals surface area contributed by atoms with Gasteiger partial charge in [-0.1, -0.05) is 13.8 Å². The average Bonchev–Trinajstić information content (AvgIpc) is 3.12. The average molecular weight is 381 g/mol. The van der Waals surface area contributed by atoms with E-state index in [1.165, 1.54) is 11.3 Å². The molecule has 1 saturated heterocycles. The number of anilines is 2. The maximum atomic E-state index is 12.4. The molecule has 1 N–H and O–H groups in total. The Labute approximate surface area is 153 Å². The number of nitrogens with one attached hydrogen (secondary N) is 1. The van der Waals surface area contributed by atoms with Gasteiger partial charge in [-0.25, -0.2) is 13.4 Å². The van der Waals surface area contributed by atoms with Crippen LogP contribution in [0.4, 0.5) is 11.5 Å². The van der Waals surface area contributed by atoms with Crippen molar-refractivity contribution in [3.63, 3.8) is 0 Å². The minimum absolute atomic E-state index is 0.337. The molecule has 0 saturated carbocycles. The van der Waals surface area contributed by atoms with Crippen molar-refractivity contribution >= 4 is 32.9 Å². The number of hydrogen-bond acceptors (Lipinski definition) is 6. The van der Waals surface area contributed by atoms with Crippen molar-refractivity contribution in [2.24, 2.45) is 0 Å². The van der Waals surface area contributed by atoms with Crippen molar-refractivity contribution in [3.8, 4) is 0 Å². The molecule has 1 aliphatic rings. The molecule has 0 radical (unpaired) electrons. The minimum atomic E-state index is -3.54. The second kappa shape index (κ2) is 7.72. The molecule has 0 spiro atoms. The van der Waals surface area contributed by atoms with Crippen LogP contribution in [0.2, 0.25) is 0 Å². The highest BCUT2D eigenvalue weighted by Crippen LogP contribution is 2.25. The first-order valence-corrected chi connectivity index (χ1v) is 10.9. The van der Waals surface area contributed by atoms with Crippen molar-refractivity contribution in [2.75, 3.05) is 42.3 Å². The second-order valence-electron chi connectivity index (χ2n) is 6.01. The number of piperazine rings is 1. The monoisotopic (exact) mass is 380 g/mol. The van der Waals surface area contributed by atoms with Gasteiger partial charge in [0.15, 0.2) is 0 Å². The molecule has 0 unspecified atom stereocenters. The summed E-state index contributed by atoms with van der Waals surface area (Å²) in [5.41, 5.74) is 0.488. The van der Waals surface area contributed by atoms with Gasteiger partial charge in [-0.05, 0) is 37.2 Å². The lowest BCUT2D eigenvalue weighted by Crippen LogP contribution is -2.46. The summed E-state index contributed by atoms with van der Waals surface area (Å²) in [5.74, 6) is 0.892. The standard InChI is InChI=1S/C17H24N4O2S2/c1-3-15-6-8-17(24-15)25(22,23)19-14-5-7-16(18-13-14)21-11-9-20(4-2)10-12-21/h5-8,13,19H,3-4,9-12H2,1-2H3. The molecule has 8 heteroatoms. The van der Waals surface area contributed by atoms with Crippen molar-refractivity contribution < 1.29 is 8.42 Å². The molecule has 2 aromatic heterocycles. The van der Waals surface area contributed by atoms with Crippen LogP contribution in [-0.2, 0) is 16.4 Å². The van der Waals surface area contributed by atoms with Crippen molar-refractivity contribution in [1.82, 2.24) is 9.88 Å².